The number of carbonyl (C=O) groups is 2. The van der Waals surface area contributed by atoms with Crippen molar-refractivity contribution in [2.24, 2.45) is 16.3 Å². The van der Waals surface area contributed by atoms with Gasteiger partial charge in [0.1, 0.15) is 0 Å². The van der Waals surface area contributed by atoms with Gasteiger partial charge in [-0.2, -0.15) is 36.4 Å². The van der Waals surface area contributed by atoms with Gasteiger partial charge in [-0.05, 0) is 67.3 Å². The van der Waals surface area contributed by atoms with Gasteiger partial charge in [0.15, 0.2) is 5.17 Å². The highest BCUT2D eigenvalue weighted by atomic mass is 32.2. The Kier molecular flexibility index (Phi) is 7.33. The summed E-state index contributed by atoms with van der Waals surface area (Å²) in [6.07, 6.45) is -5.40. The number of amidine groups is 1. The van der Waals surface area contributed by atoms with Crippen LogP contribution in [0.25, 0.3) is 17.0 Å². The minimum absolute atomic E-state index is 0.237. The third-order valence-electron chi connectivity index (χ3n) is 7.74. The Hall–Kier alpha value is -3.55. The third-order valence-corrected chi connectivity index (χ3v) is 8.78. The minimum atomic E-state index is -4.91. The van der Waals surface area contributed by atoms with Crippen molar-refractivity contribution in [2.45, 2.75) is 45.1 Å². The molecule has 5 rings (SSSR count). The number of piperidine rings is 1. The van der Waals surface area contributed by atoms with Crippen LogP contribution in [0.4, 0.5) is 26.3 Å². The average Bonchev–Trinajstić information content (AvgIpc) is 3.46. The number of allylic oxidation sites excluding steroid dienone is 4. The van der Waals surface area contributed by atoms with Gasteiger partial charge < -0.3 is 10.0 Å². The van der Waals surface area contributed by atoms with E-state index in [1.807, 2.05) is 4.90 Å². The van der Waals surface area contributed by atoms with Gasteiger partial charge in [-0.25, -0.2) is 0 Å². The number of fused-ring (bicyclic) bond motifs is 1. The number of aromatic nitrogens is 2. The number of aliphatic carboxylic acids is 1. The highest BCUT2D eigenvalue weighted by Crippen LogP contribution is 2.53. The van der Waals surface area contributed by atoms with Gasteiger partial charge in [0.2, 0.25) is 0 Å². The van der Waals surface area contributed by atoms with Crippen molar-refractivity contribution in [1.82, 2.24) is 14.7 Å². The van der Waals surface area contributed by atoms with Gasteiger partial charge in [0.05, 0.1) is 34.5 Å². The van der Waals surface area contributed by atoms with Crippen molar-refractivity contribution in [3.05, 3.63) is 58.2 Å². The molecule has 1 amide bonds. The fourth-order valence-electron chi connectivity index (χ4n) is 5.13. The molecule has 3 heterocycles. The second-order valence-corrected chi connectivity index (χ2v) is 11.4. The lowest BCUT2D eigenvalue weighted by atomic mass is 9.72. The van der Waals surface area contributed by atoms with Crippen LogP contribution < -0.4 is 0 Å². The maximum absolute atomic E-state index is 14.0. The van der Waals surface area contributed by atoms with Crippen molar-refractivity contribution >= 4 is 45.8 Å². The minimum Gasteiger partial charge on any atom is -0.481 e. The quantitative estimate of drug-likeness (QED) is 0.334. The molecular formula is C27H24F6N4O3S. The molecule has 1 saturated heterocycles. The largest absolute Gasteiger partial charge is 0.481 e. The van der Waals surface area contributed by atoms with Crippen LogP contribution in [-0.4, -0.2) is 62.3 Å². The lowest BCUT2D eigenvalue weighted by molar-refractivity contribution is -0.209. The number of rotatable bonds is 4. The molecule has 41 heavy (non-hydrogen) atoms. The van der Waals surface area contributed by atoms with E-state index in [1.165, 1.54) is 22.6 Å². The molecule has 218 valence electrons. The molecule has 1 aliphatic carbocycles. The molecule has 14 heteroatoms. The van der Waals surface area contributed by atoms with Gasteiger partial charge in [0, 0.05) is 24.0 Å². The van der Waals surface area contributed by atoms with Crippen LogP contribution in [0.1, 0.15) is 31.7 Å². The van der Waals surface area contributed by atoms with E-state index in [1.54, 1.807) is 24.3 Å². The summed E-state index contributed by atoms with van der Waals surface area (Å²) in [7, 11) is 0. The number of carboxylic acid groups (broad SMARTS) is 1. The van der Waals surface area contributed by atoms with Crippen molar-refractivity contribution in [3.63, 3.8) is 0 Å². The molecule has 0 saturated carbocycles. The van der Waals surface area contributed by atoms with Gasteiger partial charge in [-0.15, -0.1) is 0 Å². The van der Waals surface area contributed by atoms with Crippen molar-refractivity contribution in [2.75, 3.05) is 13.1 Å². The number of carboxylic acids is 1. The van der Waals surface area contributed by atoms with E-state index in [-0.39, 0.29) is 12.1 Å². The molecule has 7 nitrogen and oxygen atoms in total. The van der Waals surface area contributed by atoms with Crippen LogP contribution >= 0.6 is 11.8 Å². The molecule has 1 aromatic carbocycles. The Morgan fingerprint density at radius 2 is 1.88 bits per heavy atom. The molecule has 1 N–H and O–H groups in total. The van der Waals surface area contributed by atoms with Crippen molar-refractivity contribution in [1.29, 1.82) is 0 Å². The van der Waals surface area contributed by atoms with Gasteiger partial charge in [0.25, 0.3) is 5.91 Å². The van der Waals surface area contributed by atoms with Crippen LogP contribution in [0.15, 0.2) is 57.6 Å². The summed E-state index contributed by atoms with van der Waals surface area (Å²) in [6.45, 7) is 1.37. The number of nitrogens with zero attached hydrogens (tertiary/aromatic N) is 4. The van der Waals surface area contributed by atoms with Gasteiger partial charge >= 0.3 is 18.3 Å². The fraction of sp³-hybridized carbons (Fsp3) is 0.407. The topological polar surface area (TPSA) is 87.8 Å². The van der Waals surface area contributed by atoms with E-state index < -0.39 is 47.6 Å². The summed E-state index contributed by atoms with van der Waals surface area (Å²) < 4.78 is 83.0. The molecule has 1 atom stereocenters. The van der Waals surface area contributed by atoms with Crippen LogP contribution in [0, 0.1) is 11.3 Å². The predicted octanol–water partition coefficient (Wildman–Crippen LogP) is 6.19. The predicted molar refractivity (Wildman–Crippen MR) is 141 cm³/mol. The smallest absolute Gasteiger partial charge is 0.412 e. The van der Waals surface area contributed by atoms with Gasteiger partial charge in [-0.3, -0.25) is 14.3 Å². The first-order valence-corrected chi connectivity index (χ1v) is 13.5. The zero-order valence-electron chi connectivity index (χ0n) is 21.6. The maximum Gasteiger partial charge on any atom is 0.412 e. The molecule has 1 fully saturated rings. The first-order chi connectivity index (χ1) is 19.2. The maximum atomic E-state index is 14.0. The number of hydrogen-bond donors (Lipinski definition) is 1. The van der Waals surface area contributed by atoms with E-state index in [0.717, 1.165) is 13.0 Å². The Morgan fingerprint density at radius 1 is 1.17 bits per heavy atom. The number of hydrogen-bond acceptors (Lipinski definition) is 5. The molecule has 1 unspecified atom stereocenters. The monoisotopic (exact) mass is 598 g/mol. The summed E-state index contributed by atoms with van der Waals surface area (Å²) >= 11 is 1.19. The summed E-state index contributed by atoms with van der Waals surface area (Å²) in [5.74, 6) is -1.68. The van der Waals surface area contributed by atoms with E-state index in [4.69, 9.17) is 0 Å². The number of alkyl halides is 6. The Labute approximate surface area is 234 Å². The molecule has 2 aromatic rings. The van der Waals surface area contributed by atoms with Crippen LogP contribution in [0.2, 0.25) is 0 Å². The van der Waals surface area contributed by atoms with E-state index in [0.29, 0.717) is 58.5 Å². The molecule has 3 aliphatic rings. The summed E-state index contributed by atoms with van der Waals surface area (Å²) in [5, 5.41) is 14.4. The number of carbonyl (C=O) groups excluding carboxylic acids is 1. The van der Waals surface area contributed by atoms with Crippen molar-refractivity contribution in [3.8, 4) is 0 Å². The highest BCUT2D eigenvalue weighted by Gasteiger charge is 2.56. The number of halogens is 6. The van der Waals surface area contributed by atoms with Crippen LogP contribution in [0.3, 0.4) is 0 Å². The Morgan fingerprint density at radius 3 is 2.51 bits per heavy atom. The standard InChI is InChI=1S/C27H24F6N4O3S/c1-25(27(31,32)33)12-18(26(28,29)30)3-4-19(25)14-37-20-5-2-15(10-17(20)13-34-37)11-21-22(38)35-24(41-21)36-8-6-16(7-9-36)23(39)40/h2-5,10-11,13,16H,6-9,12,14H2,1H3,(H,39,40)/b21-11-. The lowest BCUT2D eigenvalue weighted by Gasteiger charge is -2.38. The van der Waals surface area contributed by atoms with Crippen molar-refractivity contribution < 1.29 is 41.0 Å². The average molecular weight is 599 g/mol. The molecule has 1 aromatic heterocycles. The highest BCUT2D eigenvalue weighted by molar-refractivity contribution is 8.18. The third kappa shape index (κ3) is 5.66. The number of likely N-dealkylation sites (tertiary alicyclic amines) is 1. The number of benzene rings is 1. The zero-order valence-corrected chi connectivity index (χ0v) is 22.4. The summed E-state index contributed by atoms with van der Waals surface area (Å²) in [4.78, 5) is 30.1. The molecule has 0 spiro atoms. The second kappa shape index (κ2) is 10.4. The number of thioether (sulfide) groups is 1. The fourth-order valence-corrected chi connectivity index (χ4v) is 6.09. The first-order valence-electron chi connectivity index (χ1n) is 12.7. The Bertz CT molecular complexity index is 1530. The Balaban J connectivity index is 1.34. The first kappa shape index (κ1) is 29.0. The zero-order chi connectivity index (χ0) is 29.7. The lowest BCUT2D eigenvalue weighted by Crippen LogP contribution is -2.41. The number of amides is 1. The van der Waals surface area contributed by atoms with Crippen LogP contribution in [0.5, 0.6) is 0 Å². The summed E-state index contributed by atoms with van der Waals surface area (Å²) in [5.41, 5.74) is -3.08. The summed E-state index contributed by atoms with van der Waals surface area (Å²) in [6, 6.07) is 5.00. The SMILES string of the molecule is CC1(C(F)(F)F)CC(C(F)(F)F)=CC=C1Cn1ncc2cc(/C=C3\SC(N4CCC(C(=O)O)CC4)=NC3=O)ccc21. The van der Waals surface area contributed by atoms with E-state index in [9.17, 15) is 41.0 Å². The van der Waals surface area contributed by atoms with E-state index in [2.05, 4.69) is 10.1 Å². The molecule has 0 radical (unpaired) electrons. The molecule has 2 aliphatic heterocycles. The number of aliphatic imine (C=N–C) groups is 1. The normalized spacial score (nSPS) is 23.7. The van der Waals surface area contributed by atoms with Crippen LogP contribution in [-0.2, 0) is 16.1 Å². The molecule has 0 bridgehead atoms. The van der Waals surface area contributed by atoms with E-state index >= 15 is 0 Å². The molecular weight excluding hydrogens is 574 g/mol. The second-order valence-electron chi connectivity index (χ2n) is 10.4. The van der Waals surface area contributed by atoms with Gasteiger partial charge in [-0.1, -0.05) is 18.2 Å².